The van der Waals surface area contributed by atoms with E-state index in [2.05, 4.69) is 15.3 Å². The third kappa shape index (κ3) is 3.65. The van der Waals surface area contributed by atoms with Crippen molar-refractivity contribution in [3.05, 3.63) is 48.0 Å². The van der Waals surface area contributed by atoms with Crippen LogP contribution in [0.3, 0.4) is 0 Å². The molecule has 2 N–H and O–H groups in total. The number of nitrogens with one attached hydrogen (secondary N) is 2. The van der Waals surface area contributed by atoms with E-state index in [0.29, 0.717) is 30.3 Å². The highest BCUT2D eigenvalue weighted by Gasteiger charge is 2.08. The number of methoxy groups -OCH3 is 2. The van der Waals surface area contributed by atoms with Gasteiger partial charge in [0.25, 0.3) is 0 Å². The van der Waals surface area contributed by atoms with Crippen LogP contribution in [-0.2, 0) is 11.2 Å². The van der Waals surface area contributed by atoms with Crippen molar-refractivity contribution in [3.63, 3.8) is 0 Å². The lowest BCUT2D eigenvalue weighted by Gasteiger charge is -2.08. The van der Waals surface area contributed by atoms with E-state index < -0.39 is 0 Å². The molecule has 0 aliphatic heterocycles. The van der Waals surface area contributed by atoms with E-state index in [1.807, 2.05) is 36.4 Å². The minimum absolute atomic E-state index is 0.101. The van der Waals surface area contributed by atoms with Gasteiger partial charge >= 0.3 is 0 Å². The smallest absolute Gasteiger partial charge is 0.227 e. The van der Waals surface area contributed by atoms with Crippen LogP contribution in [0.25, 0.3) is 11.0 Å². The molecule has 124 valence electrons. The van der Waals surface area contributed by atoms with Crippen LogP contribution in [0, 0.1) is 0 Å². The molecule has 0 unspecified atom stereocenters. The summed E-state index contributed by atoms with van der Waals surface area (Å²) >= 11 is 0. The fraction of sp³-hybridized carbons (Fsp3) is 0.222. The maximum atomic E-state index is 12.1. The van der Waals surface area contributed by atoms with Crippen LogP contribution in [0.5, 0.6) is 11.5 Å². The summed E-state index contributed by atoms with van der Waals surface area (Å²) < 4.78 is 10.5. The van der Waals surface area contributed by atoms with Crippen molar-refractivity contribution >= 4 is 22.9 Å². The third-order valence-electron chi connectivity index (χ3n) is 3.70. The van der Waals surface area contributed by atoms with Crippen LogP contribution in [0.1, 0.15) is 12.0 Å². The fourth-order valence-corrected chi connectivity index (χ4v) is 2.48. The highest BCUT2D eigenvalue weighted by molar-refractivity contribution is 5.91. The van der Waals surface area contributed by atoms with Gasteiger partial charge in [-0.2, -0.15) is 0 Å². The minimum Gasteiger partial charge on any atom is -0.497 e. The number of ether oxygens (including phenoxy) is 2. The van der Waals surface area contributed by atoms with E-state index in [-0.39, 0.29) is 5.91 Å². The number of fused-ring (bicyclic) bond motifs is 1. The topological polar surface area (TPSA) is 76.2 Å². The molecule has 3 aromatic rings. The number of nitrogens with zero attached hydrogens (tertiary/aromatic N) is 1. The Morgan fingerprint density at radius 2 is 1.83 bits per heavy atom. The molecule has 0 aliphatic carbocycles. The summed E-state index contributed by atoms with van der Waals surface area (Å²) in [6, 6.07) is 13.2. The molecule has 1 heterocycles. The molecule has 0 atom stereocenters. The Kier molecular flexibility index (Phi) is 4.65. The van der Waals surface area contributed by atoms with Crippen LogP contribution in [0.2, 0.25) is 0 Å². The summed E-state index contributed by atoms with van der Waals surface area (Å²) in [6.07, 6.45) is 0.924. The number of aromatic amines is 1. The molecule has 2 aromatic carbocycles. The number of benzene rings is 2. The van der Waals surface area contributed by atoms with Gasteiger partial charge in [0.1, 0.15) is 11.5 Å². The van der Waals surface area contributed by atoms with Gasteiger partial charge in [0.2, 0.25) is 11.9 Å². The van der Waals surface area contributed by atoms with Crippen molar-refractivity contribution in [1.29, 1.82) is 0 Å². The Balaban J connectivity index is 1.63. The van der Waals surface area contributed by atoms with Gasteiger partial charge in [-0.15, -0.1) is 0 Å². The number of imidazole rings is 1. The van der Waals surface area contributed by atoms with Gasteiger partial charge in [-0.05, 0) is 36.2 Å². The first-order chi connectivity index (χ1) is 11.7. The average molecular weight is 325 g/mol. The SMILES string of the molecule is COc1cc(CCC(=O)Nc2nc3ccccc3[nH]2)cc(OC)c1. The average Bonchev–Trinajstić information content (AvgIpc) is 3.01. The second kappa shape index (κ2) is 7.04. The van der Waals surface area contributed by atoms with Crippen molar-refractivity contribution < 1.29 is 14.3 Å². The number of para-hydroxylation sites is 2. The van der Waals surface area contributed by atoms with Gasteiger partial charge in [-0.1, -0.05) is 12.1 Å². The number of hydrogen-bond acceptors (Lipinski definition) is 4. The molecule has 24 heavy (non-hydrogen) atoms. The second-order valence-electron chi connectivity index (χ2n) is 5.37. The Bertz CT molecular complexity index is 802. The van der Waals surface area contributed by atoms with E-state index in [1.54, 1.807) is 20.3 Å². The lowest BCUT2D eigenvalue weighted by molar-refractivity contribution is -0.116. The molecular formula is C18H19N3O3. The van der Waals surface area contributed by atoms with Gasteiger partial charge in [0, 0.05) is 12.5 Å². The molecule has 0 fully saturated rings. The van der Waals surface area contributed by atoms with Crippen LogP contribution < -0.4 is 14.8 Å². The lowest BCUT2D eigenvalue weighted by atomic mass is 10.1. The molecule has 0 bridgehead atoms. The Labute approximate surface area is 139 Å². The largest absolute Gasteiger partial charge is 0.497 e. The number of carbonyl (C=O) groups excluding carboxylic acids is 1. The standard InChI is InChI=1S/C18H19N3O3/c1-23-13-9-12(10-14(11-13)24-2)7-8-17(22)21-18-19-15-5-3-4-6-16(15)20-18/h3-6,9-11H,7-8H2,1-2H3,(H2,19,20,21,22). The molecule has 0 spiro atoms. The summed E-state index contributed by atoms with van der Waals surface area (Å²) in [5, 5.41) is 2.79. The van der Waals surface area contributed by atoms with Gasteiger partial charge < -0.3 is 14.5 Å². The summed E-state index contributed by atoms with van der Waals surface area (Å²) in [7, 11) is 3.21. The van der Waals surface area contributed by atoms with E-state index >= 15 is 0 Å². The first-order valence-electron chi connectivity index (χ1n) is 7.64. The van der Waals surface area contributed by atoms with Crippen molar-refractivity contribution in [1.82, 2.24) is 9.97 Å². The summed E-state index contributed by atoms with van der Waals surface area (Å²) in [5.74, 6) is 1.78. The highest BCUT2D eigenvalue weighted by Crippen LogP contribution is 2.23. The fourth-order valence-electron chi connectivity index (χ4n) is 2.48. The molecule has 1 amide bonds. The van der Waals surface area contributed by atoms with E-state index in [9.17, 15) is 4.79 Å². The van der Waals surface area contributed by atoms with Gasteiger partial charge in [-0.3, -0.25) is 10.1 Å². The molecule has 0 saturated carbocycles. The number of anilines is 1. The first kappa shape index (κ1) is 15.9. The van der Waals surface area contributed by atoms with Crippen molar-refractivity contribution in [2.45, 2.75) is 12.8 Å². The monoisotopic (exact) mass is 325 g/mol. The molecule has 6 nitrogen and oxygen atoms in total. The van der Waals surface area contributed by atoms with Crippen molar-refractivity contribution in [3.8, 4) is 11.5 Å². The Morgan fingerprint density at radius 3 is 2.50 bits per heavy atom. The molecular weight excluding hydrogens is 306 g/mol. The number of amides is 1. The third-order valence-corrected chi connectivity index (χ3v) is 3.70. The second-order valence-corrected chi connectivity index (χ2v) is 5.37. The normalized spacial score (nSPS) is 10.6. The molecule has 3 rings (SSSR count). The molecule has 0 aliphatic rings. The predicted octanol–water partition coefficient (Wildman–Crippen LogP) is 3.15. The zero-order chi connectivity index (χ0) is 16.9. The molecule has 1 aromatic heterocycles. The van der Waals surface area contributed by atoms with Crippen LogP contribution in [-0.4, -0.2) is 30.1 Å². The van der Waals surface area contributed by atoms with E-state index in [1.165, 1.54) is 0 Å². The molecule has 0 saturated heterocycles. The lowest BCUT2D eigenvalue weighted by Crippen LogP contribution is -2.13. The number of H-pyrrole nitrogens is 1. The Morgan fingerprint density at radius 1 is 1.12 bits per heavy atom. The highest BCUT2D eigenvalue weighted by atomic mass is 16.5. The van der Waals surface area contributed by atoms with E-state index in [4.69, 9.17) is 9.47 Å². The van der Waals surface area contributed by atoms with Gasteiger partial charge in [0.15, 0.2) is 0 Å². The molecule has 0 radical (unpaired) electrons. The number of hydrogen-bond donors (Lipinski definition) is 2. The number of carbonyl (C=O) groups is 1. The zero-order valence-electron chi connectivity index (χ0n) is 13.6. The number of rotatable bonds is 6. The maximum absolute atomic E-state index is 12.1. The molecule has 6 heteroatoms. The number of aromatic nitrogens is 2. The van der Waals surface area contributed by atoms with Crippen LogP contribution in [0.15, 0.2) is 42.5 Å². The van der Waals surface area contributed by atoms with Crippen LogP contribution >= 0.6 is 0 Å². The number of aryl methyl sites for hydroxylation is 1. The maximum Gasteiger partial charge on any atom is 0.227 e. The summed E-state index contributed by atoms with van der Waals surface area (Å²) in [4.78, 5) is 19.6. The predicted molar refractivity (Wildman–Crippen MR) is 92.6 cm³/mol. The van der Waals surface area contributed by atoms with Crippen molar-refractivity contribution in [2.24, 2.45) is 0 Å². The quantitative estimate of drug-likeness (QED) is 0.730. The zero-order valence-corrected chi connectivity index (χ0v) is 13.6. The van der Waals surface area contributed by atoms with E-state index in [0.717, 1.165) is 16.6 Å². The minimum atomic E-state index is -0.101. The van der Waals surface area contributed by atoms with Crippen LogP contribution in [0.4, 0.5) is 5.95 Å². The van der Waals surface area contributed by atoms with Crippen molar-refractivity contribution in [2.75, 3.05) is 19.5 Å². The summed E-state index contributed by atoms with van der Waals surface area (Å²) in [5.41, 5.74) is 2.70. The Hall–Kier alpha value is -3.02. The van der Waals surface area contributed by atoms with Gasteiger partial charge in [-0.25, -0.2) is 4.98 Å². The first-order valence-corrected chi connectivity index (χ1v) is 7.64. The summed E-state index contributed by atoms with van der Waals surface area (Å²) in [6.45, 7) is 0. The van der Waals surface area contributed by atoms with Gasteiger partial charge in [0.05, 0.1) is 25.3 Å².